The fraction of sp³-hybridized carbons (Fsp3) is 0.657. The van der Waals surface area contributed by atoms with Crippen molar-refractivity contribution in [3.05, 3.63) is 48.0 Å². The summed E-state index contributed by atoms with van der Waals surface area (Å²) in [4.78, 5) is 53.3. The van der Waals surface area contributed by atoms with Crippen LogP contribution in [0.25, 0.3) is 0 Å². The fourth-order valence-electron chi connectivity index (χ4n) is 6.17. The van der Waals surface area contributed by atoms with Gasteiger partial charge in [-0.1, -0.05) is 89.3 Å². The quantitative estimate of drug-likeness (QED) is 0.322. The summed E-state index contributed by atoms with van der Waals surface area (Å²) in [5.74, 6) is -1.72. The zero-order valence-electron chi connectivity index (χ0n) is 26.9. The number of ether oxygens (including phenoxy) is 3. The van der Waals surface area contributed by atoms with E-state index in [-0.39, 0.29) is 48.8 Å². The summed E-state index contributed by atoms with van der Waals surface area (Å²) in [5, 5.41) is 5.76. The maximum Gasteiger partial charge on any atom is 0.347 e. The number of hydrogen-bond acceptors (Lipinski definition) is 7. The first-order chi connectivity index (χ1) is 20.9. The van der Waals surface area contributed by atoms with Crippen molar-refractivity contribution in [3.63, 3.8) is 0 Å². The summed E-state index contributed by atoms with van der Waals surface area (Å²) >= 11 is 0. The number of amides is 2. The van der Waals surface area contributed by atoms with E-state index < -0.39 is 35.6 Å². The number of hydrogen-bond donors (Lipinski definition) is 2. The molecule has 1 unspecified atom stereocenters. The van der Waals surface area contributed by atoms with E-state index in [0.717, 1.165) is 31.2 Å². The lowest BCUT2D eigenvalue weighted by molar-refractivity contribution is -0.179. The Labute approximate surface area is 261 Å². The normalized spacial score (nSPS) is 30.5. The summed E-state index contributed by atoms with van der Waals surface area (Å²) < 4.78 is 17.9. The monoisotopic (exact) mass is 610 g/mol. The molecule has 4 rings (SSSR count). The van der Waals surface area contributed by atoms with Gasteiger partial charge < -0.3 is 24.8 Å². The molecule has 2 heterocycles. The highest BCUT2D eigenvalue weighted by Crippen LogP contribution is 2.45. The van der Waals surface area contributed by atoms with E-state index in [1.165, 1.54) is 12.5 Å². The van der Waals surface area contributed by atoms with Crippen LogP contribution in [0.5, 0.6) is 0 Å². The molecule has 0 spiro atoms. The van der Waals surface area contributed by atoms with Crippen molar-refractivity contribution < 1.29 is 33.4 Å². The maximum absolute atomic E-state index is 13.5. The Morgan fingerprint density at radius 3 is 2.34 bits per heavy atom. The average Bonchev–Trinajstić information content (AvgIpc) is 3.80. The molecule has 0 aromatic heterocycles. The van der Waals surface area contributed by atoms with Crippen molar-refractivity contribution in [1.82, 2.24) is 10.6 Å². The molecule has 3 aliphatic rings. The zero-order valence-corrected chi connectivity index (χ0v) is 26.9. The van der Waals surface area contributed by atoms with Crippen LogP contribution in [0.1, 0.15) is 97.7 Å². The highest BCUT2D eigenvalue weighted by Gasteiger charge is 2.48. The molecule has 1 aliphatic carbocycles. The minimum atomic E-state index is -1.11. The van der Waals surface area contributed by atoms with E-state index in [2.05, 4.69) is 10.6 Å². The van der Waals surface area contributed by atoms with Crippen LogP contribution in [0.2, 0.25) is 0 Å². The summed E-state index contributed by atoms with van der Waals surface area (Å²) in [6.07, 6.45) is 7.69. The molecular weight excluding hydrogens is 560 g/mol. The Balaban J connectivity index is 1.57. The van der Waals surface area contributed by atoms with Gasteiger partial charge in [0.05, 0.1) is 11.5 Å². The second-order valence-corrected chi connectivity index (χ2v) is 13.8. The van der Waals surface area contributed by atoms with Crippen LogP contribution in [-0.4, -0.2) is 54.7 Å². The molecule has 9 nitrogen and oxygen atoms in total. The Kier molecular flexibility index (Phi) is 11.6. The number of nitrogens with one attached hydrogen (secondary N) is 2. The van der Waals surface area contributed by atoms with Crippen LogP contribution in [0.4, 0.5) is 0 Å². The predicted octanol–water partition coefficient (Wildman–Crippen LogP) is 5.19. The van der Waals surface area contributed by atoms with Gasteiger partial charge in [0.1, 0.15) is 18.2 Å². The van der Waals surface area contributed by atoms with Crippen molar-refractivity contribution >= 4 is 23.8 Å². The van der Waals surface area contributed by atoms with Crippen LogP contribution < -0.4 is 10.6 Å². The van der Waals surface area contributed by atoms with Gasteiger partial charge in [-0.05, 0) is 50.2 Å². The van der Waals surface area contributed by atoms with Gasteiger partial charge in [-0.2, -0.15) is 0 Å². The van der Waals surface area contributed by atoms with Gasteiger partial charge >= 0.3 is 11.9 Å². The fourth-order valence-corrected chi connectivity index (χ4v) is 6.17. The van der Waals surface area contributed by atoms with E-state index in [9.17, 15) is 19.2 Å². The SMILES string of the molecule is CC(C)CC1OC(=O)C(C)(C)CNC(=O)[C@@H](CC2CCCCC2)NC(=O)/C=C/C[C@@H]([C@H](C)[C@H]2O[C@@H]2c2ccccc2)OC1=O. The highest BCUT2D eigenvalue weighted by atomic mass is 16.6. The lowest BCUT2D eigenvalue weighted by Gasteiger charge is -2.30. The van der Waals surface area contributed by atoms with Gasteiger partial charge in [0.25, 0.3) is 0 Å². The highest BCUT2D eigenvalue weighted by molar-refractivity contribution is 5.93. The number of benzene rings is 1. The molecule has 1 aromatic carbocycles. The van der Waals surface area contributed by atoms with Crippen LogP contribution in [-0.2, 0) is 33.4 Å². The molecule has 1 saturated carbocycles. The number of esters is 2. The van der Waals surface area contributed by atoms with Gasteiger partial charge in [-0.25, -0.2) is 4.79 Å². The first-order valence-corrected chi connectivity index (χ1v) is 16.3. The van der Waals surface area contributed by atoms with Gasteiger partial charge in [-0.15, -0.1) is 0 Å². The van der Waals surface area contributed by atoms with Gasteiger partial charge in [-0.3, -0.25) is 14.4 Å². The average molecular weight is 611 g/mol. The van der Waals surface area contributed by atoms with Crippen molar-refractivity contribution in [2.75, 3.05) is 6.54 Å². The molecule has 1 aromatic rings. The van der Waals surface area contributed by atoms with Crippen LogP contribution in [0.3, 0.4) is 0 Å². The van der Waals surface area contributed by atoms with E-state index in [0.29, 0.717) is 18.8 Å². The molecule has 2 N–H and O–H groups in total. The smallest absolute Gasteiger partial charge is 0.347 e. The van der Waals surface area contributed by atoms with E-state index >= 15 is 0 Å². The van der Waals surface area contributed by atoms with Crippen LogP contribution >= 0.6 is 0 Å². The van der Waals surface area contributed by atoms with Gasteiger partial charge in [0.2, 0.25) is 11.8 Å². The zero-order chi connectivity index (χ0) is 31.9. The van der Waals surface area contributed by atoms with Crippen LogP contribution in [0, 0.1) is 23.2 Å². The number of cyclic esters (lactones) is 2. The molecule has 2 aliphatic heterocycles. The Bertz CT molecular complexity index is 1170. The van der Waals surface area contributed by atoms with E-state index in [1.54, 1.807) is 19.9 Å². The van der Waals surface area contributed by atoms with Crippen molar-refractivity contribution in [1.29, 1.82) is 0 Å². The van der Waals surface area contributed by atoms with Crippen LogP contribution in [0.15, 0.2) is 42.5 Å². The minimum absolute atomic E-state index is 0.000537. The molecule has 2 amide bonds. The van der Waals surface area contributed by atoms with E-state index in [4.69, 9.17) is 14.2 Å². The summed E-state index contributed by atoms with van der Waals surface area (Å²) in [5.41, 5.74) is -0.0613. The largest absolute Gasteiger partial charge is 0.459 e. The lowest BCUT2D eigenvalue weighted by atomic mass is 9.84. The Hall–Kier alpha value is -3.20. The standard InChI is InChI=1S/C35H50N2O7/c1-22(2)19-28-33(40)42-27(23(3)30-31(44-30)25-15-10-7-11-16-25)17-12-18-29(38)37-26(20-24-13-8-6-9-14-24)32(39)36-21-35(4,5)34(41)43-28/h7,10-12,15-16,18,22-24,26-28,30-31H,6,8-9,13-14,17,19-21H2,1-5H3,(H,36,39)(H,37,38)/b18-12+/t23-,26+,27-,28?,30+,31+/m0/s1. The molecule has 242 valence electrons. The molecule has 1 saturated heterocycles. The first-order valence-electron chi connectivity index (χ1n) is 16.3. The number of carbonyl (C=O) groups is 4. The van der Waals surface area contributed by atoms with Gasteiger partial charge in [0.15, 0.2) is 6.10 Å². The molecule has 44 heavy (non-hydrogen) atoms. The Morgan fingerprint density at radius 2 is 1.66 bits per heavy atom. The molecule has 2 fully saturated rings. The van der Waals surface area contributed by atoms with Crippen molar-refractivity contribution in [2.45, 2.75) is 116 Å². The summed E-state index contributed by atoms with van der Waals surface area (Å²) in [7, 11) is 0. The number of epoxide rings is 1. The number of rotatable bonds is 7. The molecule has 9 heteroatoms. The topological polar surface area (TPSA) is 123 Å². The maximum atomic E-state index is 13.5. The minimum Gasteiger partial charge on any atom is -0.459 e. The lowest BCUT2D eigenvalue weighted by Crippen LogP contribution is -2.51. The third-order valence-electron chi connectivity index (χ3n) is 9.04. The molecule has 6 atom stereocenters. The Morgan fingerprint density at radius 1 is 0.955 bits per heavy atom. The molecular formula is C35H50N2O7. The number of carbonyl (C=O) groups excluding carboxylic acids is 4. The van der Waals surface area contributed by atoms with Gasteiger partial charge in [0, 0.05) is 18.9 Å². The summed E-state index contributed by atoms with van der Waals surface area (Å²) in [6.45, 7) is 9.21. The van der Waals surface area contributed by atoms with E-state index in [1.807, 2.05) is 51.1 Å². The summed E-state index contributed by atoms with van der Waals surface area (Å²) in [6, 6.07) is 9.16. The predicted molar refractivity (Wildman–Crippen MR) is 166 cm³/mol. The first kappa shape index (κ1) is 33.7. The van der Waals surface area contributed by atoms with Crippen molar-refractivity contribution in [2.24, 2.45) is 23.2 Å². The van der Waals surface area contributed by atoms with Crippen molar-refractivity contribution in [3.8, 4) is 0 Å². The molecule has 0 radical (unpaired) electrons. The molecule has 0 bridgehead atoms. The third kappa shape index (κ3) is 9.40. The second-order valence-electron chi connectivity index (χ2n) is 13.8. The second kappa shape index (κ2) is 15.2. The third-order valence-corrected chi connectivity index (χ3v) is 9.04.